The van der Waals surface area contributed by atoms with Crippen LogP contribution >= 0.6 is 0 Å². The molecule has 1 fully saturated rings. The van der Waals surface area contributed by atoms with Crippen molar-refractivity contribution in [3.63, 3.8) is 0 Å². The SMILES string of the molecule is CC[S+]1CCCC1S(=O)(=O)[O-]. The summed E-state index contributed by atoms with van der Waals surface area (Å²) >= 11 is 0. The lowest BCUT2D eigenvalue weighted by atomic mass is 10.4. The van der Waals surface area contributed by atoms with E-state index in [1.165, 1.54) is 0 Å². The average Bonchev–Trinajstić information content (AvgIpc) is 2.31. The Hall–Kier alpha value is 0.260. The quantitative estimate of drug-likeness (QED) is 0.471. The van der Waals surface area contributed by atoms with Crippen LogP contribution in [0.5, 0.6) is 0 Å². The van der Waals surface area contributed by atoms with E-state index in [1.54, 1.807) is 0 Å². The van der Waals surface area contributed by atoms with E-state index in [4.69, 9.17) is 0 Å². The molecule has 5 heteroatoms. The average molecular weight is 196 g/mol. The van der Waals surface area contributed by atoms with E-state index in [-0.39, 0.29) is 10.9 Å². The molecule has 1 aliphatic rings. The molecule has 0 radical (unpaired) electrons. The molecule has 1 rings (SSSR count). The summed E-state index contributed by atoms with van der Waals surface area (Å²) in [4.78, 5) is 0. The summed E-state index contributed by atoms with van der Waals surface area (Å²) in [5.74, 6) is 1.77. The standard InChI is InChI=1S/C6H12O3S2/c1-2-10-5-3-4-6(10)11(7,8)9/h6H,2-5H2,1H3. The number of hydrogen-bond donors (Lipinski definition) is 0. The summed E-state index contributed by atoms with van der Waals surface area (Å²) in [6.45, 7) is 1.95. The first-order chi connectivity index (χ1) is 5.05. The van der Waals surface area contributed by atoms with E-state index in [0.717, 1.165) is 17.9 Å². The van der Waals surface area contributed by atoms with Crippen LogP contribution < -0.4 is 0 Å². The lowest BCUT2D eigenvalue weighted by Crippen LogP contribution is -2.27. The van der Waals surface area contributed by atoms with Crippen LogP contribution in [-0.4, -0.2) is 29.1 Å². The van der Waals surface area contributed by atoms with Crippen molar-refractivity contribution in [2.75, 3.05) is 11.5 Å². The Balaban J connectivity index is 2.72. The monoisotopic (exact) mass is 196 g/mol. The highest BCUT2D eigenvalue weighted by atomic mass is 32.3. The first kappa shape index (κ1) is 9.35. The maximum atomic E-state index is 10.7. The second-order valence-electron chi connectivity index (χ2n) is 2.59. The molecule has 66 valence electrons. The lowest BCUT2D eigenvalue weighted by molar-refractivity contribution is 0.458. The molecule has 0 aromatic rings. The van der Waals surface area contributed by atoms with Crippen LogP contribution in [0.15, 0.2) is 0 Å². The number of hydrogen-bond acceptors (Lipinski definition) is 3. The summed E-state index contributed by atoms with van der Waals surface area (Å²) in [6.07, 6.45) is 1.49. The minimum absolute atomic E-state index is 0.142. The van der Waals surface area contributed by atoms with E-state index in [0.29, 0.717) is 6.42 Å². The van der Waals surface area contributed by atoms with Crippen molar-refractivity contribution in [2.24, 2.45) is 0 Å². The minimum atomic E-state index is -4.00. The van der Waals surface area contributed by atoms with Crippen LogP contribution in [0.2, 0.25) is 0 Å². The Morgan fingerprint density at radius 2 is 2.27 bits per heavy atom. The molecule has 2 unspecified atom stereocenters. The Bertz CT molecular complexity index is 222. The van der Waals surface area contributed by atoms with E-state index in [1.807, 2.05) is 6.92 Å². The summed E-state index contributed by atoms with van der Waals surface area (Å²) < 4.78 is 31.4. The molecule has 0 saturated carbocycles. The highest BCUT2D eigenvalue weighted by molar-refractivity contribution is 8.10. The van der Waals surface area contributed by atoms with Crippen molar-refractivity contribution in [1.29, 1.82) is 0 Å². The molecule has 1 saturated heterocycles. The molecule has 0 aromatic heterocycles. The van der Waals surface area contributed by atoms with Crippen LogP contribution in [0.3, 0.4) is 0 Å². The first-order valence-corrected chi connectivity index (χ1v) is 6.76. The van der Waals surface area contributed by atoms with Crippen LogP contribution in [0.4, 0.5) is 0 Å². The van der Waals surface area contributed by atoms with Gasteiger partial charge in [0.25, 0.3) is 0 Å². The third-order valence-corrected chi connectivity index (χ3v) is 6.85. The van der Waals surface area contributed by atoms with Crippen molar-refractivity contribution < 1.29 is 13.0 Å². The number of rotatable bonds is 2. The first-order valence-electron chi connectivity index (χ1n) is 3.66. The van der Waals surface area contributed by atoms with Gasteiger partial charge in [0.15, 0.2) is 0 Å². The second kappa shape index (κ2) is 3.33. The topological polar surface area (TPSA) is 57.2 Å². The van der Waals surface area contributed by atoms with Crippen LogP contribution in [-0.2, 0) is 21.0 Å². The molecule has 0 bridgehead atoms. The van der Waals surface area contributed by atoms with Gasteiger partial charge in [0.1, 0.15) is 21.6 Å². The zero-order valence-corrected chi connectivity index (χ0v) is 8.08. The zero-order chi connectivity index (χ0) is 8.48. The van der Waals surface area contributed by atoms with Crippen molar-refractivity contribution in [2.45, 2.75) is 24.3 Å². The molecular formula is C6H12O3S2. The van der Waals surface area contributed by atoms with Crippen molar-refractivity contribution in [3.8, 4) is 0 Å². The normalized spacial score (nSPS) is 32.5. The van der Waals surface area contributed by atoms with Gasteiger partial charge in [-0.3, -0.25) is 0 Å². The van der Waals surface area contributed by atoms with Gasteiger partial charge in [-0.25, -0.2) is 8.42 Å². The van der Waals surface area contributed by atoms with Gasteiger partial charge in [-0.15, -0.1) is 0 Å². The molecular weight excluding hydrogens is 184 g/mol. The smallest absolute Gasteiger partial charge is 0.205 e. The Morgan fingerprint density at radius 3 is 2.64 bits per heavy atom. The Morgan fingerprint density at radius 1 is 1.64 bits per heavy atom. The molecule has 0 spiro atoms. The van der Waals surface area contributed by atoms with E-state index in [9.17, 15) is 13.0 Å². The van der Waals surface area contributed by atoms with Crippen molar-refractivity contribution >= 4 is 21.0 Å². The molecule has 0 N–H and O–H groups in total. The fourth-order valence-corrected chi connectivity index (χ4v) is 5.82. The highest BCUT2D eigenvalue weighted by Crippen LogP contribution is 2.25. The van der Waals surface area contributed by atoms with Gasteiger partial charge in [-0.1, -0.05) is 0 Å². The predicted octanol–water partition coefficient (Wildman–Crippen LogP) is 0.290. The van der Waals surface area contributed by atoms with E-state index >= 15 is 0 Å². The Labute approximate surface area is 70.3 Å². The van der Waals surface area contributed by atoms with Gasteiger partial charge in [0.05, 0.1) is 0 Å². The molecule has 2 atom stereocenters. The second-order valence-corrected chi connectivity index (χ2v) is 7.08. The Kier molecular flexibility index (Phi) is 2.83. The molecule has 1 heterocycles. The fourth-order valence-electron chi connectivity index (χ4n) is 1.37. The zero-order valence-electron chi connectivity index (χ0n) is 6.45. The summed E-state index contributed by atoms with van der Waals surface area (Å²) in [5.41, 5.74) is 0. The summed E-state index contributed by atoms with van der Waals surface area (Å²) in [5, 5.41) is 0. The fraction of sp³-hybridized carbons (Fsp3) is 1.00. The lowest BCUT2D eigenvalue weighted by Gasteiger charge is -2.13. The third kappa shape index (κ3) is 2.10. The van der Waals surface area contributed by atoms with Crippen LogP contribution in [0.1, 0.15) is 19.8 Å². The maximum absolute atomic E-state index is 10.7. The molecule has 1 aliphatic heterocycles. The van der Waals surface area contributed by atoms with Crippen molar-refractivity contribution in [3.05, 3.63) is 0 Å². The van der Waals surface area contributed by atoms with E-state index < -0.39 is 14.7 Å². The van der Waals surface area contributed by atoms with Gasteiger partial charge < -0.3 is 4.55 Å². The largest absolute Gasteiger partial charge is 0.744 e. The molecule has 11 heavy (non-hydrogen) atoms. The van der Waals surface area contributed by atoms with Gasteiger partial charge >= 0.3 is 0 Å². The van der Waals surface area contributed by atoms with Gasteiger partial charge in [-0.05, 0) is 13.3 Å². The molecule has 0 aromatic carbocycles. The van der Waals surface area contributed by atoms with Crippen LogP contribution in [0.25, 0.3) is 0 Å². The van der Waals surface area contributed by atoms with Gasteiger partial charge in [0, 0.05) is 17.3 Å². The van der Waals surface area contributed by atoms with Gasteiger partial charge in [0.2, 0.25) is 4.58 Å². The highest BCUT2D eigenvalue weighted by Gasteiger charge is 2.39. The van der Waals surface area contributed by atoms with Crippen molar-refractivity contribution in [1.82, 2.24) is 0 Å². The maximum Gasteiger partial charge on any atom is 0.205 e. The summed E-state index contributed by atoms with van der Waals surface area (Å²) in [6, 6.07) is 0. The molecule has 0 aliphatic carbocycles. The summed E-state index contributed by atoms with van der Waals surface area (Å²) in [7, 11) is -4.14. The van der Waals surface area contributed by atoms with E-state index in [2.05, 4.69) is 0 Å². The third-order valence-electron chi connectivity index (χ3n) is 1.91. The molecule has 0 amide bonds. The van der Waals surface area contributed by atoms with Gasteiger partial charge in [-0.2, -0.15) is 0 Å². The molecule has 3 nitrogen and oxygen atoms in total. The predicted molar refractivity (Wildman–Crippen MR) is 45.5 cm³/mol. The van der Waals surface area contributed by atoms with Crippen LogP contribution in [0, 0.1) is 0 Å². The minimum Gasteiger partial charge on any atom is -0.744 e.